The van der Waals surface area contributed by atoms with Crippen molar-refractivity contribution >= 4 is 22.8 Å². The molecule has 0 unspecified atom stereocenters. The first-order valence-corrected chi connectivity index (χ1v) is 12.9. The zero-order valence-corrected chi connectivity index (χ0v) is 20.7. The smallest absolute Gasteiger partial charge is 0.258 e. The van der Waals surface area contributed by atoms with Gasteiger partial charge in [0.1, 0.15) is 11.3 Å². The van der Waals surface area contributed by atoms with Gasteiger partial charge in [-0.15, -0.1) is 0 Å². The summed E-state index contributed by atoms with van der Waals surface area (Å²) >= 11 is 0. The summed E-state index contributed by atoms with van der Waals surface area (Å²) in [6.45, 7) is 7.90. The number of hydrogen-bond acceptors (Lipinski definition) is 5. The van der Waals surface area contributed by atoms with E-state index in [1.54, 1.807) is 0 Å². The number of carbonyl (C=O) groups excluding carboxylic acids is 2. The highest BCUT2D eigenvalue weighted by molar-refractivity contribution is 6.07. The van der Waals surface area contributed by atoms with Crippen LogP contribution >= 0.6 is 0 Å². The number of para-hydroxylation sites is 1. The minimum Gasteiger partial charge on any atom is -0.460 e. The van der Waals surface area contributed by atoms with Crippen LogP contribution in [-0.2, 0) is 16.0 Å². The molecular formula is C27H39N3O4. The Labute approximate surface area is 202 Å². The molecule has 0 spiro atoms. The highest BCUT2D eigenvalue weighted by Gasteiger charge is 2.41. The van der Waals surface area contributed by atoms with Crippen molar-refractivity contribution in [1.82, 2.24) is 9.80 Å². The Bertz CT molecular complexity index is 995. The van der Waals surface area contributed by atoms with Crippen LogP contribution in [0, 0.1) is 0 Å². The number of benzene rings is 1. The van der Waals surface area contributed by atoms with Gasteiger partial charge in [0.15, 0.2) is 0 Å². The summed E-state index contributed by atoms with van der Waals surface area (Å²) in [7, 11) is 0. The van der Waals surface area contributed by atoms with Crippen molar-refractivity contribution in [3.8, 4) is 0 Å². The van der Waals surface area contributed by atoms with Gasteiger partial charge in [0.2, 0.25) is 5.91 Å². The van der Waals surface area contributed by atoms with Gasteiger partial charge in [-0.1, -0.05) is 31.5 Å². The number of hydrogen-bond donors (Lipinski definition) is 1. The normalized spacial score (nSPS) is 22.0. The maximum Gasteiger partial charge on any atom is 0.258 e. The Morgan fingerprint density at radius 2 is 1.94 bits per heavy atom. The number of rotatable bonds is 10. The van der Waals surface area contributed by atoms with E-state index in [0.29, 0.717) is 19.7 Å². The fourth-order valence-corrected chi connectivity index (χ4v) is 5.39. The molecule has 1 aromatic carbocycles. The molecule has 2 fully saturated rings. The van der Waals surface area contributed by atoms with Crippen LogP contribution in [0.1, 0.15) is 74.9 Å². The monoisotopic (exact) mass is 469 g/mol. The van der Waals surface area contributed by atoms with Gasteiger partial charge in [-0.2, -0.15) is 0 Å². The second-order valence-electron chi connectivity index (χ2n) is 9.94. The second kappa shape index (κ2) is 10.9. The van der Waals surface area contributed by atoms with Crippen LogP contribution in [0.15, 0.2) is 28.7 Å². The largest absolute Gasteiger partial charge is 0.460 e. The quantitative estimate of drug-likeness (QED) is 0.529. The molecule has 1 atom stereocenters. The average Bonchev–Trinajstić information content (AvgIpc) is 3.41. The Balaban J connectivity index is 1.27. The lowest BCUT2D eigenvalue weighted by atomic mass is 9.98. The van der Waals surface area contributed by atoms with Gasteiger partial charge < -0.3 is 19.8 Å². The predicted octanol–water partition coefficient (Wildman–Crippen LogP) is 4.13. The summed E-state index contributed by atoms with van der Waals surface area (Å²) in [5.41, 5.74) is 6.65. The van der Waals surface area contributed by atoms with E-state index in [4.69, 9.17) is 14.9 Å². The van der Waals surface area contributed by atoms with Crippen molar-refractivity contribution in [2.75, 3.05) is 32.8 Å². The number of carbonyl (C=O) groups is 2. The Morgan fingerprint density at radius 1 is 1.18 bits per heavy atom. The average molecular weight is 470 g/mol. The number of nitrogens with two attached hydrogens (primary N) is 1. The van der Waals surface area contributed by atoms with E-state index in [-0.39, 0.29) is 17.9 Å². The third kappa shape index (κ3) is 5.15. The maximum absolute atomic E-state index is 13.5. The number of likely N-dealkylation sites (tertiary alicyclic amines) is 2. The first-order valence-electron chi connectivity index (χ1n) is 12.9. The molecule has 0 saturated carbocycles. The number of piperidine rings is 1. The molecule has 3 heterocycles. The third-order valence-electron chi connectivity index (χ3n) is 7.62. The molecule has 0 bridgehead atoms. The standard InChI is InChI=1S/C27H39N3O4/c1-3-4-10-23-24(21-9-5-6-11-22(21)34-23)25(31)29-17-12-20(13-18-29)33-19-8-16-30-15-7-14-27(30,2)26(28)32/h5-6,9,11,20H,3-4,7-8,10,12-19H2,1-2H3,(H2,28,32)/t27-/m0/s1. The second-order valence-corrected chi connectivity index (χ2v) is 9.94. The highest BCUT2D eigenvalue weighted by Crippen LogP contribution is 2.30. The number of aryl methyl sites for hydroxylation is 1. The van der Waals surface area contributed by atoms with Gasteiger partial charge in [0.25, 0.3) is 5.91 Å². The maximum atomic E-state index is 13.5. The molecule has 0 aliphatic carbocycles. The molecule has 186 valence electrons. The number of nitrogens with zero attached hydrogens (tertiary/aromatic N) is 2. The van der Waals surface area contributed by atoms with E-state index < -0.39 is 5.54 Å². The first kappa shape index (κ1) is 24.7. The summed E-state index contributed by atoms with van der Waals surface area (Å²) in [5.74, 6) is 0.664. The van der Waals surface area contributed by atoms with Gasteiger partial charge in [-0.3, -0.25) is 14.5 Å². The van der Waals surface area contributed by atoms with Gasteiger partial charge in [0.05, 0.1) is 17.2 Å². The van der Waals surface area contributed by atoms with E-state index >= 15 is 0 Å². The lowest BCUT2D eigenvalue weighted by Crippen LogP contribution is -2.51. The molecule has 2 saturated heterocycles. The number of furan rings is 1. The van der Waals surface area contributed by atoms with Gasteiger partial charge >= 0.3 is 0 Å². The lowest BCUT2D eigenvalue weighted by molar-refractivity contribution is -0.127. The zero-order valence-electron chi connectivity index (χ0n) is 20.7. The molecule has 2 aromatic rings. The van der Waals surface area contributed by atoms with Crippen LogP contribution in [0.3, 0.4) is 0 Å². The van der Waals surface area contributed by atoms with Gasteiger partial charge in [-0.05, 0) is 58.1 Å². The van der Waals surface area contributed by atoms with Gasteiger partial charge in [0, 0.05) is 38.0 Å². The van der Waals surface area contributed by atoms with Crippen LogP contribution in [-0.4, -0.2) is 66.0 Å². The number of unbranched alkanes of at least 4 members (excludes halogenated alkanes) is 1. The molecule has 7 heteroatoms. The molecule has 2 amide bonds. The van der Waals surface area contributed by atoms with E-state index in [9.17, 15) is 9.59 Å². The number of primary amides is 1. The van der Waals surface area contributed by atoms with Crippen LogP contribution < -0.4 is 5.73 Å². The number of amides is 2. The topological polar surface area (TPSA) is 89.0 Å². The summed E-state index contributed by atoms with van der Waals surface area (Å²) in [4.78, 5) is 29.5. The van der Waals surface area contributed by atoms with E-state index in [2.05, 4.69) is 11.8 Å². The van der Waals surface area contributed by atoms with E-state index in [1.807, 2.05) is 36.1 Å². The van der Waals surface area contributed by atoms with Crippen molar-refractivity contribution in [2.24, 2.45) is 5.73 Å². The van der Waals surface area contributed by atoms with Crippen molar-refractivity contribution in [3.05, 3.63) is 35.6 Å². The Morgan fingerprint density at radius 3 is 2.68 bits per heavy atom. The fourth-order valence-electron chi connectivity index (χ4n) is 5.39. The molecule has 1 aromatic heterocycles. The molecule has 34 heavy (non-hydrogen) atoms. The van der Waals surface area contributed by atoms with Crippen molar-refractivity contribution < 1.29 is 18.7 Å². The minimum absolute atomic E-state index is 0.0780. The molecule has 0 radical (unpaired) electrons. The van der Waals surface area contributed by atoms with Crippen LogP contribution in [0.4, 0.5) is 0 Å². The number of ether oxygens (including phenoxy) is 1. The summed E-state index contributed by atoms with van der Waals surface area (Å²) in [6.07, 6.45) is 7.44. The summed E-state index contributed by atoms with van der Waals surface area (Å²) in [5, 5.41) is 0.918. The van der Waals surface area contributed by atoms with Crippen LogP contribution in [0.2, 0.25) is 0 Å². The molecule has 2 aliphatic heterocycles. The lowest BCUT2D eigenvalue weighted by Gasteiger charge is -2.33. The van der Waals surface area contributed by atoms with Crippen molar-refractivity contribution in [1.29, 1.82) is 0 Å². The zero-order chi connectivity index (χ0) is 24.1. The predicted molar refractivity (Wildman–Crippen MR) is 133 cm³/mol. The Hall–Kier alpha value is -2.38. The molecule has 4 rings (SSSR count). The molecule has 7 nitrogen and oxygen atoms in total. The van der Waals surface area contributed by atoms with E-state index in [1.165, 1.54) is 0 Å². The fraction of sp³-hybridized carbons (Fsp3) is 0.630. The van der Waals surface area contributed by atoms with Crippen LogP contribution in [0.5, 0.6) is 0 Å². The summed E-state index contributed by atoms with van der Waals surface area (Å²) < 4.78 is 12.2. The summed E-state index contributed by atoms with van der Waals surface area (Å²) in [6, 6.07) is 7.84. The minimum atomic E-state index is -0.515. The van der Waals surface area contributed by atoms with Crippen molar-refractivity contribution in [2.45, 2.75) is 76.9 Å². The molecule has 2 aliphatic rings. The highest BCUT2D eigenvalue weighted by atomic mass is 16.5. The van der Waals surface area contributed by atoms with E-state index in [0.717, 1.165) is 86.7 Å². The molecular weight excluding hydrogens is 430 g/mol. The third-order valence-corrected chi connectivity index (χ3v) is 7.62. The number of fused-ring (bicyclic) bond motifs is 1. The SMILES string of the molecule is CCCCc1oc2ccccc2c1C(=O)N1CCC(OCCCN2CCC[C@@]2(C)C(N)=O)CC1. The van der Waals surface area contributed by atoms with Crippen LogP contribution in [0.25, 0.3) is 11.0 Å². The molecule has 2 N–H and O–H groups in total. The Kier molecular flexibility index (Phi) is 7.94. The first-order chi connectivity index (χ1) is 16.4. The van der Waals surface area contributed by atoms with Crippen molar-refractivity contribution in [3.63, 3.8) is 0 Å². The van der Waals surface area contributed by atoms with Gasteiger partial charge in [-0.25, -0.2) is 0 Å².